The quantitative estimate of drug-likeness (QED) is 0.324. The van der Waals surface area contributed by atoms with Crippen molar-refractivity contribution in [3.63, 3.8) is 0 Å². The molecule has 0 atom stereocenters. The first-order valence-corrected chi connectivity index (χ1v) is 9.52. The molecule has 0 aliphatic rings. The molecular formula is C22H21ClN4O3. The van der Waals surface area contributed by atoms with E-state index < -0.39 is 0 Å². The zero-order valence-corrected chi connectivity index (χ0v) is 17.1. The molecule has 0 aliphatic heterocycles. The van der Waals surface area contributed by atoms with Crippen molar-refractivity contribution in [3.8, 4) is 5.75 Å². The van der Waals surface area contributed by atoms with Crippen LogP contribution in [0.3, 0.4) is 0 Å². The minimum atomic E-state index is -0.370. The minimum absolute atomic E-state index is 0.153. The normalized spacial score (nSPS) is 11.1. The largest absolute Gasteiger partial charge is 0.489 e. The first-order chi connectivity index (χ1) is 14.5. The maximum atomic E-state index is 11.9. The van der Waals surface area contributed by atoms with Gasteiger partial charge in [0.1, 0.15) is 12.4 Å². The molecule has 8 heteroatoms. The number of aryl methyl sites for hydroxylation is 1. The number of carbonyl (C=O) groups is 1. The number of benzene rings is 2. The molecule has 0 saturated heterocycles. The first-order valence-electron chi connectivity index (χ1n) is 9.15. The number of hydrogen-bond donors (Lipinski definition) is 2. The molecule has 0 unspecified atom stereocenters. The van der Waals surface area contributed by atoms with Gasteiger partial charge in [-0.3, -0.25) is 9.78 Å². The van der Waals surface area contributed by atoms with Gasteiger partial charge in [0.25, 0.3) is 5.91 Å². The van der Waals surface area contributed by atoms with E-state index in [1.165, 1.54) is 0 Å². The van der Waals surface area contributed by atoms with Gasteiger partial charge in [-0.1, -0.05) is 28.9 Å². The lowest BCUT2D eigenvalue weighted by molar-refractivity contribution is -0.120. The monoisotopic (exact) mass is 424 g/mol. The first kappa shape index (κ1) is 21.1. The Balaban J connectivity index is 1.47. The molecule has 0 fully saturated rings. The van der Waals surface area contributed by atoms with Crippen LogP contribution < -0.4 is 15.8 Å². The van der Waals surface area contributed by atoms with E-state index in [1.807, 2.05) is 25.1 Å². The summed E-state index contributed by atoms with van der Waals surface area (Å²) in [7, 11) is 0. The zero-order valence-electron chi connectivity index (χ0n) is 16.3. The summed E-state index contributed by atoms with van der Waals surface area (Å²) in [5.41, 5.74) is 9.04. The predicted octanol–water partition coefficient (Wildman–Crippen LogP) is 3.90. The molecule has 1 heterocycles. The van der Waals surface area contributed by atoms with E-state index in [9.17, 15) is 4.79 Å². The van der Waals surface area contributed by atoms with Crippen LogP contribution in [0, 0.1) is 6.92 Å². The molecule has 2 aromatic carbocycles. The lowest BCUT2D eigenvalue weighted by Crippen LogP contribution is -2.19. The number of hydrogen-bond acceptors (Lipinski definition) is 5. The fraction of sp³-hybridized carbons (Fsp3) is 0.136. The number of nitrogens with one attached hydrogen (secondary N) is 1. The Morgan fingerprint density at radius 1 is 1.20 bits per heavy atom. The van der Waals surface area contributed by atoms with Crippen LogP contribution in [-0.4, -0.2) is 23.3 Å². The van der Waals surface area contributed by atoms with Gasteiger partial charge in [-0.2, -0.15) is 0 Å². The molecule has 3 N–H and O–H groups in total. The van der Waals surface area contributed by atoms with Gasteiger partial charge in [0.05, 0.1) is 0 Å². The van der Waals surface area contributed by atoms with E-state index in [0.29, 0.717) is 28.6 Å². The van der Waals surface area contributed by atoms with Gasteiger partial charge in [0, 0.05) is 34.2 Å². The summed E-state index contributed by atoms with van der Waals surface area (Å²) in [6, 6.07) is 16.1. The number of halogens is 1. The molecule has 0 spiro atoms. The molecule has 0 aliphatic carbocycles. The third-order valence-corrected chi connectivity index (χ3v) is 4.50. The van der Waals surface area contributed by atoms with E-state index in [1.54, 1.807) is 48.8 Å². The summed E-state index contributed by atoms with van der Waals surface area (Å²) in [6.45, 7) is 2.02. The Labute approximate surface area is 179 Å². The topological polar surface area (TPSA) is 98.8 Å². The lowest BCUT2D eigenvalue weighted by Gasteiger charge is -2.08. The van der Waals surface area contributed by atoms with Gasteiger partial charge in [0.15, 0.2) is 12.4 Å². The van der Waals surface area contributed by atoms with Crippen LogP contribution in [0.4, 0.5) is 5.69 Å². The molecule has 0 saturated carbocycles. The van der Waals surface area contributed by atoms with Crippen LogP contribution in [0.15, 0.2) is 72.1 Å². The number of nitrogens with zero attached hydrogens (tertiary/aromatic N) is 2. The number of nitrogens with two attached hydrogens (primary N) is 1. The van der Waals surface area contributed by atoms with Crippen molar-refractivity contribution in [2.45, 2.75) is 13.5 Å². The highest BCUT2D eigenvalue weighted by Gasteiger charge is 2.06. The van der Waals surface area contributed by atoms with Crippen LogP contribution in [0.2, 0.25) is 5.02 Å². The third-order valence-electron chi connectivity index (χ3n) is 4.09. The summed E-state index contributed by atoms with van der Waals surface area (Å²) in [6.07, 6.45) is 3.46. The Bertz CT molecular complexity index is 1020. The standard InChI is InChI=1S/C22H21ClN4O3/c1-15-4-7-18(11-20(15)23)26-21(28)14-30-27-22(24)17-5-8-19(9-6-17)29-13-16-3-2-10-25-12-16/h2-12H,13-14H2,1H3,(H2,24,27)(H,26,28). The number of ether oxygens (including phenoxy) is 1. The number of anilines is 1. The maximum absolute atomic E-state index is 11.9. The molecule has 7 nitrogen and oxygen atoms in total. The van der Waals surface area contributed by atoms with E-state index in [2.05, 4.69) is 15.5 Å². The SMILES string of the molecule is Cc1ccc(NC(=O)CO/N=C(\N)c2ccc(OCc3cccnc3)cc2)cc1Cl. The lowest BCUT2D eigenvalue weighted by atomic mass is 10.2. The second-order valence-corrected chi connectivity index (χ2v) is 6.84. The number of aromatic nitrogens is 1. The summed E-state index contributed by atoms with van der Waals surface area (Å²) in [5, 5.41) is 7.04. The van der Waals surface area contributed by atoms with Crippen molar-refractivity contribution in [1.82, 2.24) is 4.98 Å². The van der Waals surface area contributed by atoms with Gasteiger partial charge >= 0.3 is 0 Å². The number of amidine groups is 1. The zero-order chi connectivity index (χ0) is 21.3. The van der Waals surface area contributed by atoms with Crippen LogP contribution in [0.1, 0.15) is 16.7 Å². The highest BCUT2D eigenvalue weighted by atomic mass is 35.5. The average Bonchev–Trinajstić information content (AvgIpc) is 2.76. The van der Waals surface area contributed by atoms with Crippen molar-refractivity contribution in [1.29, 1.82) is 0 Å². The number of rotatable bonds is 8. The van der Waals surface area contributed by atoms with E-state index in [-0.39, 0.29) is 18.3 Å². The highest BCUT2D eigenvalue weighted by Crippen LogP contribution is 2.20. The number of pyridine rings is 1. The van der Waals surface area contributed by atoms with Gasteiger partial charge in [0.2, 0.25) is 0 Å². The fourth-order valence-corrected chi connectivity index (χ4v) is 2.63. The van der Waals surface area contributed by atoms with Crippen molar-refractivity contribution in [3.05, 3.63) is 88.7 Å². The van der Waals surface area contributed by atoms with Crippen LogP contribution in [0.5, 0.6) is 5.75 Å². The highest BCUT2D eigenvalue weighted by molar-refractivity contribution is 6.31. The van der Waals surface area contributed by atoms with Crippen molar-refractivity contribution < 1.29 is 14.4 Å². The maximum Gasteiger partial charge on any atom is 0.265 e. The Morgan fingerprint density at radius 3 is 2.70 bits per heavy atom. The number of amides is 1. The Kier molecular flexibility index (Phi) is 7.24. The molecule has 1 aromatic heterocycles. The van der Waals surface area contributed by atoms with Gasteiger partial charge < -0.3 is 20.6 Å². The van der Waals surface area contributed by atoms with Crippen LogP contribution >= 0.6 is 11.6 Å². The molecule has 30 heavy (non-hydrogen) atoms. The summed E-state index contributed by atoms with van der Waals surface area (Å²) >= 11 is 6.04. The minimum Gasteiger partial charge on any atom is -0.489 e. The van der Waals surface area contributed by atoms with E-state index in [0.717, 1.165) is 11.1 Å². The fourth-order valence-electron chi connectivity index (χ4n) is 2.45. The summed E-state index contributed by atoms with van der Waals surface area (Å²) < 4.78 is 5.70. The van der Waals surface area contributed by atoms with Crippen molar-refractivity contribution in [2.75, 3.05) is 11.9 Å². The molecule has 3 rings (SSSR count). The Morgan fingerprint density at radius 2 is 2.00 bits per heavy atom. The summed E-state index contributed by atoms with van der Waals surface area (Å²) in [4.78, 5) is 21.0. The third kappa shape index (κ3) is 6.22. The van der Waals surface area contributed by atoms with Crippen molar-refractivity contribution >= 4 is 29.0 Å². The van der Waals surface area contributed by atoms with Crippen molar-refractivity contribution in [2.24, 2.45) is 10.9 Å². The predicted molar refractivity (Wildman–Crippen MR) is 117 cm³/mol. The number of carbonyl (C=O) groups excluding carboxylic acids is 1. The second kappa shape index (κ2) is 10.3. The van der Waals surface area contributed by atoms with Crippen LogP contribution in [0.25, 0.3) is 0 Å². The Hall–Kier alpha value is -3.58. The van der Waals surface area contributed by atoms with Crippen LogP contribution in [-0.2, 0) is 16.2 Å². The van der Waals surface area contributed by atoms with Gasteiger partial charge in [-0.05, 0) is 55.0 Å². The molecule has 0 radical (unpaired) electrons. The average molecular weight is 425 g/mol. The molecule has 3 aromatic rings. The summed E-state index contributed by atoms with van der Waals surface area (Å²) in [5.74, 6) is 0.470. The van der Waals surface area contributed by atoms with E-state index in [4.69, 9.17) is 26.9 Å². The van der Waals surface area contributed by atoms with Gasteiger partial charge in [-0.15, -0.1) is 0 Å². The molecule has 1 amide bonds. The molecule has 0 bridgehead atoms. The smallest absolute Gasteiger partial charge is 0.265 e. The number of oxime groups is 1. The van der Waals surface area contributed by atoms with Gasteiger partial charge in [-0.25, -0.2) is 0 Å². The molecule has 154 valence electrons. The second-order valence-electron chi connectivity index (χ2n) is 6.44. The molecular weight excluding hydrogens is 404 g/mol. The van der Waals surface area contributed by atoms with E-state index >= 15 is 0 Å².